The zero-order chi connectivity index (χ0) is 13.0. The fraction of sp³-hybridized carbons (Fsp3) is 0.588. The highest BCUT2D eigenvalue weighted by molar-refractivity contribution is 5.96. The van der Waals surface area contributed by atoms with Gasteiger partial charge in [0.1, 0.15) is 0 Å². The van der Waals surface area contributed by atoms with Crippen LogP contribution in [0.4, 0.5) is 0 Å². The molecule has 0 N–H and O–H groups in total. The predicted molar refractivity (Wildman–Crippen MR) is 76.1 cm³/mol. The standard InChI is InChI=1S/C17H24O/c1-13-9-10-16(11-14(13)2)17(18)12-15-7-5-3-4-6-8-15/h9-11,15H,3-8,12H2,1-2H3. The Morgan fingerprint density at radius 2 is 1.72 bits per heavy atom. The van der Waals surface area contributed by atoms with Gasteiger partial charge >= 0.3 is 0 Å². The number of ketones is 1. The third kappa shape index (κ3) is 3.44. The molecule has 2 rings (SSSR count). The minimum atomic E-state index is 0.338. The summed E-state index contributed by atoms with van der Waals surface area (Å²) >= 11 is 0. The van der Waals surface area contributed by atoms with Crippen molar-refractivity contribution >= 4 is 5.78 Å². The number of carbonyl (C=O) groups is 1. The molecule has 1 fully saturated rings. The second kappa shape index (κ2) is 6.17. The van der Waals surface area contributed by atoms with E-state index in [9.17, 15) is 4.79 Å². The van der Waals surface area contributed by atoms with Gasteiger partial charge in [0, 0.05) is 12.0 Å². The monoisotopic (exact) mass is 244 g/mol. The van der Waals surface area contributed by atoms with Crippen molar-refractivity contribution in [3.05, 3.63) is 34.9 Å². The summed E-state index contributed by atoms with van der Waals surface area (Å²) in [6, 6.07) is 6.10. The summed E-state index contributed by atoms with van der Waals surface area (Å²) in [5, 5.41) is 0. The van der Waals surface area contributed by atoms with Crippen molar-refractivity contribution in [3.63, 3.8) is 0 Å². The molecule has 1 heteroatoms. The van der Waals surface area contributed by atoms with Crippen LogP contribution in [-0.4, -0.2) is 5.78 Å². The van der Waals surface area contributed by atoms with Crippen LogP contribution >= 0.6 is 0 Å². The highest BCUT2D eigenvalue weighted by Crippen LogP contribution is 2.27. The van der Waals surface area contributed by atoms with E-state index in [1.54, 1.807) is 0 Å². The molecule has 1 nitrogen and oxygen atoms in total. The Kier molecular flexibility index (Phi) is 4.57. The fourth-order valence-corrected chi connectivity index (χ4v) is 2.86. The van der Waals surface area contributed by atoms with E-state index < -0.39 is 0 Å². The van der Waals surface area contributed by atoms with Crippen LogP contribution in [0.3, 0.4) is 0 Å². The van der Waals surface area contributed by atoms with Crippen LogP contribution in [0, 0.1) is 19.8 Å². The maximum atomic E-state index is 12.3. The second-order valence-corrected chi connectivity index (χ2v) is 5.78. The maximum Gasteiger partial charge on any atom is 0.163 e. The van der Waals surface area contributed by atoms with Crippen LogP contribution < -0.4 is 0 Å². The van der Waals surface area contributed by atoms with Gasteiger partial charge in [0.05, 0.1) is 0 Å². The van der Waals surface area contributed by atoms with Gasteiger partial charge in [-0.3, -0.25) is 4.79 Å². The van der Waals surface area contributed by atoms with Gasteiger partial charge in [0.15, 0.2) is 5.78 Å². The molecule has 0 amide bonds. The summed E-state index contributed by atoms with van der Waals surface area (Å²) in [4.78, 5) is 12.3. The van der Waals surface area contributed by atoms with E-state index in [0.717, 1.165) is 12.0 Å². The normalized spacial score (nSPS) is 17.4. The average Bonchev–Trinajstić information content (AvgIpc) is 2.61. The van der Waals surface area contributed by atoms with Crippen molar-refractivity contribution < 1.29 is 4.79 Å². The van der Waals surface area contributed by atoms with E-state index in [1.807, 2.05) is 12.1 Å². The molecule has 1 aliphatic rings. The van der Waals surface area contributed by atoms with Gasteiger partial charge in [-0.25, -0.2) is 0 Å². The van der Waals surface area contributed by atoms with Gasteiger partial charge < -0.3 is 0 Å². The molecule has 18 heavy (non-hydrogen) atoms. The van der Waals surface area contributed by atoms with Gasteiger partial charge in [-0.1, -0.05) is 50.7 Å². The Hall–Kier alpha value is -1.11. The maximum absolute atomic E-state index is 12.3. The number of hydrogen-bond acceptors (Lipinski definition) is 1. The first-order valence-electron chi connectivity index (χ1n) is 7.27. The SMILES string of the molecule is Cc1ccc(C(=O)CC2CCCCCC2)cc1C. The van der Waals surface area contributed by atoms with E-state index in [1.165, 1.54) is 49.7 Å². The first-order chi connectivity index (χ1) is 8.66. The lowest BCUT2D eigenvalue weighted by atomic mass is 9.91. The van der Waals surface area contributed by atoms with Gasteiger partial charge in [0.25, 0.3) is 0 Å². The summed E-state index contributed by atoms with van der Waals surface area (Å²) in [5.41, 5.74) is 3.39. The molecule has 0 radical (unpaired) electrons. The number of hydrogen-bond donors (Lipinski definition) is 0. The number of carbonyl (C=O) groups excluding carboxylic acids is 1. The Morgan fingerprint density at radius 3 is 2.33 bits per heavy atom. The van der Waals surface area contributed by atoms with Crippen molar-refractivity contribution in [2.75, 3.05) is 0 Å². The topological polar surface area (TPSA) is 17.1 Å². The molecule has 0 saturated heterocycles. The Labute approximate surface area is 111 Å². The number of benzene rings is 1. The van der Waals surface area contributed by atoms with E-state index in [0.29, 0.717) is 11.7 Å². The lowest BCUT2D eigenvalue weighted by molar-refractivity contribution is 0.0957. The lowest BCUT2D eigenvalue weighted by Crippen LogP contribution is -2.08. The van der Waals surface area contributed by atoms with E-state index in [4.69, 9.17) is 0 Å². The summed E-state index contributed by atoms with van der Waals surface area (Å²) < 4.78 is 0. The predicted octanol–water partition coefficient (Wildman–Crippen LogP) is 4.85. The van der Waals surface area contributed by atoms with Gasteiger partial charge in [-0.2, -0.15) is 0 Å². The highest BCUT2D eigenvalue weighted by atomic mass is 16.1. The first kappa shape index (κ1) is 13.3. The zero-order valence-corrected chi connectivity index (χ0v) is 11.7. The number of rotatable bonds is 3. The van der Waals surface area contributed by atoms with Crippen LogP contribution in [-0.2, 0) is 0 Å². The van der Waals surface area contributed by atoms with Crippen LogP contribution in [0.25, 0.3) is 0 Å². The molecule has 0 atom stereocenters. The lowest BCUT2D eigenvalue weighted by Gasteiger charge is -2.13. The van der Waals surface area contributed by atoms with Gasteiger partial charge in [-0.05, 0) is 37.0 Å². The van der Waals surface area contributed by atoms with Crippen molar-refractivity contribution in [2.24, 2.45) is 5.92 Å². The number of Topliss-reactive ketones (excluding diaryl/α,β-unsaturated/α-hetero) is 1. The minimum Gasteiger partial charge on any atom is -0.294 e. The van der Waals surface area contributed by atoms with Gasteiger partial charge in [-0.15, -0.1) is 0 Å². The molecule has 1 aromatic carbocycles. The van der Waals surface area contributed by atoms with Crippen LogP contribution in [0.2, 0.25) is 0 Å². The molecule has 0 aliphatic heterocycles. The largest absolute Gasteiger partial charge is 0.294 e. The van der Waals surface area contributed by atoms with Crippen molar-refractivity contribution in [1.82, 2.24) is 0 Å². The number of aryl methyl sites for hydroxylation is 2. The fourth-order valence-electron chi connectivity index (χ4n) is 2.86. The van der Waals surface area contributed by atoms with Crippen molar-refractivity contribution in [2.45, 2.75) is 58.8 Å². The summed E-state index contributed by atoms with van der Waals surface area (Å²) in [5.74, 6) is 0.964. The molecule has 1 saturated carbocycles. The Balaban J connectivity index is 1.99. The van der Waals surface area contributed by atoms with E-state index in [2.05, 4.69) is 19.9 Å². The minimum absolute atomic E-state index is 0.338. The molecule has 0 unspecified atom stereocenters. The molecular weight excluding hydrogens is 220 g/mol. The smallest absolute Gasteiger partial charge is 0.163 e. The third-order valence-electron chi connectivity index (χ3n) is 4.28. The first-order valence-corrected chi connectivity index (χ1v) is 7.27. The molecule has 0 bridgehead atoms. The molecule has 1 aliphatic carbocycles. The Bertz CT molecular complexity index is 412. The van der Waals surface area contributed by atoms with Gasteiger partial charge in [0.2, 0.25) is 0 Å². The Morgan fingerprint density at radius 1 is 1.06 bits per heavy atom. The van der Waals surface area contributed by atoms with Crippen molar-refractivity contribution in [1.29, 1.82) is 0 Å². The molecular formula is C17H24O. The van der Waals surface area contributed by atoms with Crippen molar-refractivity contribution in [3.8, 4) is 0 Å². The summed E-state index contributed by atoms with van der Waals surface area (Å²) in [6.45, 7) is 4.17. The van der Waals surface area contributed by atoms with E-state index in [-0.39, 0.29) is 0 Å². The molecule has 1 aromatic rings. The zero-order valence-electron chi connectivity index (χ0n) is 11.7. The molecule has 0 heterocycles. The summed E-state index contributed by atoms with van der Waals surface area (Å²) in [6.07, 6.45) is 8.58. The van der Waals surface area contributed by atoms with E-state index >= 15 is 0 Å². The molecule has 0 spiro atoms. The van der Waals surface area contributed by atoms with Crippen LogP contribution in [0.1, 0.15) is 66.4 Å². The third-order valence-corrected chi connectivity index (χ3v) is 4.28. The average molecular weight is 244 g/mol. The van der Waals surface area contributed by atoms with Crippen LogP contribution in [0.5, 0.6) is 0 Å². The van der Waals surface area contributed by atoms with Crippen LogP contribution in [0.15, 0.2) is 18.2 Å². The summed E-state index contributed by atoms with van der Waals surface area (Å²) in [7, 11) is 0. The molecule has 0 aromatic heterocycles. The molecule has 98 valence electrons. The second-order valence-electron chi connectivity index (χ2n) is 5.78. The quantitative estimate of drug-likeness (QED) is 0.549. The highest BCUT2D eigenvalue weighted by Gasteiger charge is 2.17.